The molecule has 0 aliphatic heterocycles. The number of hydrogen-bond donors (Lipinski definition) is 1. The van der Waals surface area contributed by atoms with Crippen LogP contribution in [0.15, 0.2) is 6.07 Å². The molecule has 0 saturated heterocycles. The van der Waals surface area contributed by atoms with Gasteiger partial charge in [0.1, 0.15) is 0 Å². The average Bonchev–Trinajstić information content (AvgIpc) is 2.55. The second-order valence-corrected chi connectivity index (χ2v) is 3.38. The number of carbonyl (C=O) groups is 1. The van der Waals surface area contributed by atoms with E-state index in [1.165, 1.54) is 6.92 Å². The molecule has 84 valence electrons. The van der Waals surface area contributed by atoms with Crippen molar-refractivity contribution in [1.29, 1.82) is 0 Å². The van der Waals surface area contributed by atoms with Gasteiger partial charge in [0, 0.05) is 6.54 Å². The molecule has 1 atom stereocenters. The van der Waals surface area contributed by atoms with Crippen molar-refractivity contribution in [2.24, 2.45) is 0 Å². The molecule has 0 unspecified atom stereocenters. The molecule has 15 heavy (non-hydrogen) atoms. The van der Waals surface area contributed by atoms with Gasteiger partial charge in [-0.3, -0.25) is 4.68 Å². The summed E-state index contributed by atoms with van der Waals surface area (Å²) in [7, 11) is 0. The fraction of sp³-hybridized carbons (Fsp3) is 0.600. The van der Waals surface area contributed by atoms with Crippen LogP contribution < -0.4 is 0 Å². The minimum absolute atomic E-state index is 0.280. The van der Waals surface area contributed by atoms with Gasteiger partial charge in [0.05, 0.1) is 18.0 Å². The Balaban J connectivity index is 2.60. The molecular formula is C10H16N2O3. The summed E-state index contributed by atoms with van der Waals surface area (Å²) in [4.78, 5) is 10.5. The van der Waals surface area contributed by atoms with Crippen LogP contribution in [0, 0.1) is 6.92 Å². The molecular weight excluding hydrogens is 196 g/mol. The lowest BCUT2D eigenvalue weighted by Crippen LogP contribution is -2.20. The third kappa shape index (κ3) is 3.06. The number of carboxylic acids is 1. The van der Waals surface area contributed by atoms with E-state index in [2.05, 4.69) is 5.10 Å². The average molecular weight is 212 g/mol. The van der Waals surface area contributed by atoms with E-state index in [4.69, 9.17) is 9.84 Å². The first-order valence-corrected chi connectivity index (χ1v) is 4.92. The molecule has 0 saturated carbocycles. The van der Waals surface area contributed by atoms with Crippen molar-refractivity contribution in [2.75, 3.05) is 0 Å². The number of aromatic nitrogens is 2. The maximum absolute atomic E-state index is 10.5. The zero-order valence-electron chi connectivity index (χ0n) is 9.23. The lowest BCUT2D eigenvalue weighted by Gasteiger charge is -2.09. The van der Waals surface area contributed by atoms with E-state index in [0.29, 0.717) is 0 Å². The highest BCUT2D eigenvalue weighted by Crippen LogP contribution is 2.07. The third-order valence-electron chi connectivity index (χ3n) is 2.11. The van der Waals surface area contributed by atoms with Crippen LogP contribution in [-0.4, -0.2) is 27.0 Å². The Hall–Kier alpha value is -1.36. The summed E-state index contributed by atoms with van der Waals surface area (Å²) in [6, 6.07) is 1.90. The zero-order chi connectivity index (χ0) is 11.4. The molecule has 0 aliphatic rings. The quantitative estimate of drug-likeness (QED) is 0.796. The third-order valence-corrected chi connectivity index (χ3v) is 2.11. The van der Waals surface area contributed by atoms with E-state index in [0.717, 1.165) is 17.9 Å². The van der Waals surface area contributed by atoms with E-state index in [1.807, 2.05) is 24.6 Å². The van der Waals surface area contributed by atoms with E-state index in [9.17, 15) is 4.79 Å². The van der Waals surface area contributed by atoms with Crippen LogP contribution in [0.2, 0.25) is 0 Å². The largest absolute Gasteiger partial charge is 0.479 e. The first-order chi connectivity index (χ1) is 7.04. The lowest BCUT2D eigenvalue weighted by atomic mass is 10.3. The predicted molar refractivity (Wildman–Crippen MR) is 54.5 cm³/mol. The van der Waals surface area contributed by atoms with Gasteiger partial charge < -0.3 is 9.84 Å². The Labute approximate surface area is 88.7 Å². The zero-order valence-corrected chi connectivity index (χ0v) is 9.23. The summed E-state index contributed by atoms with van der Waals surface area (Å²) in [5.41, 5.74) is 1.82. The summed E-state index contributed by atoms with van der Waals surface area (Å²) in [6.07, 6.45) is -0.787. The van der Waals surface area contributed by atoms with Crippen LogP contribution in [-0.2, 0) is 22.7 Å². The molecule has 1 rings (SSSR count). The summed E-state index contributed by atoms with van der Waals surface area (Å²) >= 11 is 0. The van der Waals surface area contributed by atoms with Gasteiger partial charge in [-0.2, -0.15) is 5.10 Å². The second-order valence-electron chi connectivity index (χ2n) is 3.38. The van der Waals surface area contributed by atoms with E-state index < -0.39 is 12.1 Å². The molecule has 0 bridgehead atoms. The number of hydrogen-bond acceptors (Lipinski definition) is 3. The Morgan fingerprint density at radius 1 is 1.73 bits per heavy atom. The number of aryl methyl sites for hydroxylation is 2. The van der Waals surface area contributed by atoms with Gasteiger partial charge in [-0.15, -0.1) is 0 Å². The first kappa shape index (κ1) is 11.7. The SMILES string of the molecule is CCn1nc(C)cc1CO[C@H](C)C(=O)O. The molecule has 0 aliphatic carbocycles. The predicted octanol–water partition coefficient (Wildman–Crippen LogP) is 1.20. The topological polar surface area (TPSA) is 64.4 Å². The van der Waals surface area contributed by atoms with Gasteiger partial charge in [-0.25, -0.2) is 4.79 Å². The van der Waals surface area contributed by atoms with Gasteiger partial charge in [0.25, 0.3) is 0 Å². The highest BCUT2D eigenvalue weighted by Gasteiger charge is 2.12. The highest BCUT2D eigenvalue weighted by atomic mass is 16.5. The van der Waals surface area contributed by atoms with Gasteiger partial charge in [0.2, 0.25) is 0 Å². The molecule has 1 N–H and O–H groups in total. The Bertz CT molecular complexity index is 346. The second kappa shape index (κ2) is 4.93. The van der Waals surface area contributed by atoms with Crippen molar-refractivity contribution in [3.8, 4) is 0 Å². The van der Waals surface area contributed by atoms with Crippen molar-refractivity contribution in [3.63, 3.8) is 0 Å². The summed E-state index contributed by atoms with van der Waals surface area (Å²) < 4.78 is 6.99. The Kier molecular flexibility index (Phi) is 3.85. The van der Waals surface area contributed by atoms with E-state index >= 15 is 0 Å². The Morgan fingerprint density at radius 2 is 2.40 bits per heavy atom. The van der Waals surface area contributed by atoms with Gasteiger partial charge in [-0.1, -0.05) is 0 Å². The van der Waals surface area contributed by atoms with Gasteiger partial charge >= 0.3 is 5.97 Å². The monoisotopic (exact) mass is 212 g/mol. The maximum atomic E-state index is 10.5. The maximum Gasteiger partial charge on any atom is 0.332 e. The minimum atomic E-state index is -0.950. The fourth-order valence-electron chi connectivity index (χ4n) is 1.27. The molecule has 0 spiro atoms. The number of aliphatic carboxylic acids is 1. The molecule has 0 aromatic carbocycles. The molecule has 0 amide bonds. The van der Waals surface area contributed by atoms with E-state index in [-0.39, 0.29) is 6.61 Å². The highest BCUT2D eigenvalue weighted by molar-refractivity contribution is 5.71. The van der Waals surface area contributed by atoms with Crippen molar-refractivity contribution < 1.29 is 14.6 Å². The number of nitrogens with zero attached hydrogens (tertiary/aromatic N) is 2. The summed E-state index contributed by atoms with van der Waals surface area (Å²) in [6.45, 7) is 6.44. The molecule has 0 radical (unpaired) electrons. The smallest absolute Gasteiger partial charge is 0.332 e. The van der Waals surface area contributed by atoms with Crippen LogP contribution in [0.3, 0.4) is 0 Å². The fourth-order valence-corrected chi connectivity index (χ4v) is 1.27. The molecule has 5 nitrogen and oxygen atoms in total. The van der Waals surface area contributed by atoms with Crippen molar-refractivity contribution in [3.05, 3.63) is 17.5 Å². The molecule has 0 fully saturated rings. The molecule has 5 heteroatoms. The summed E-state index contributed by atoms with van der Waals surface area (Å²) in [5.74, 6) is -0.950. The number of rotatable bonds is 5. The molecule has 1 aromatic rings. The minimum Gasteiger partial charge on any atom is -0.479 e. The van der Waals surface area contributed by atoms with Crippen molar-refractivity contribution in [2.45, 2.75) is 40.0 Å². The van der Waals surface area contributed by atoms with Crippen molar-refractivity contribution in [1.82, 2.24) is 9.78 Å². The van der Waals surface area contributed by atoms with Crippen LogP contribution >= 0.6 is 0 Å². The normalized spacial score (nSPS) is 12.7. The Morgan fingerprint density at radius 3 is 2.93 bits per heavy atom. The summed E-state index contributed by atoms with van der Waals surface area (Å²) in [5, 5.41) is 12.9. The van der Waals surface area contributed by atoms with Gasteiger partial charge in [-0.05, 0) is 26.8 Å². The van der Waals surface area contributed by atoms with Crippen molar-refractivity contribution >= 4 is 5.97 Å². The van der Waals surface area contributed by atoms with Crippen LogP contribution in [0.5, 0.6) is 0 Å². The van der Waals surface area contributed by atoms with Crippen LogP contribution in [0.1, 0.15) is 25.2 Å². The van der Waals surface area contributed by atoms with Gasteiger partial charge in [0.15, 0.2) is 6.10 Å². The molecule has 1 aromatic heterocycles. The van der Waals surface area contributed by atoms with Crippen LogP contribution in [0.25, 0.3) is 0 Å². The van der Waals surface area contributed by atoms with Crippen LogP contribution in [0.4, 0.5) is 0 Å². The lowest BCUT2D eigenvalue weighted by molar-refractivity contribution is -0.150. The standard InChI is InChI=1S/C10H16N2O3/c1-4-12-9(5-7(2)11-12)6-15-8(3)10(13)14/h5,8H,4,6H2,1-3H3,(H,13,14)/t8-/m1/s1. The van der Waals surface area contributed by atoms with E-state index in [1.54, 1.807) is 0 Å². The first-order valence-electron chi connectivity index (χ1n) is 4.92. The molecule has 1 heterocycles. The number of carboxylic acid groups (broad SMARTS) is 1. The number of ether oxygens (including phenoxy) is 1.